The minimum Gasteiger partial charge on any atom is -0.322 e. The summed E-state index contributed by atoms with van der Waals surface area (Å²) in [6, 6.07) is 13.5. The molecule has 0 aliphatic carbocycles. The standard InChI is InChI=1S/C19H21BrN2O3S/c1-14-10-12-22(13-11-14)26(24,25)16-8-6-15(7-9-16)21-19(23)17-4-2-3-5-18(17)20/h2-9,14H,10-13H2,1H3,(H,21,23). The Morgan fingerprint density at radius 2 is 1.69 bits per heavy atom. The first kappa shape index (κ1) is 19.1. The van der Waals surface area contributed by atoms with Crippen LogP contribution in [0.4, 0.5) is 5.69 Å². The molecule has 5 nitrogen and oxygen atoms in total. The second-order valence-electron chi connectivity index (χ2n) is 6.54. The third-order valence-electron chi connectivity index (χ3n) is 4.61. The lowest BCUT2D eigenvalue weighted by atomic mass is 10.0. The van der Waals surface area contributed by atoms with Gasteiger partial charge < -0.3 is 5.32 Å². The summed E-state index contributed by atoms with van der Waals surface area (Å²) in [5.74, 6) is 0.314. The fourth-order valence-electron chi connectivity index (χ4n) is 2.93. The smallest absolute Gasteiger partial charge is 0.256 e. The van der Waals surface area contributed by atoms with Crippen molar-refractivity contribution in [2.45, 2.75) is 24.7 Å². The van der Waals surface area contributed by atoms with Crippen molar-refractivity contribution in [2.75, 3.05) is 18.4 Å². The molecule has 1 aliphatic heterocycles. The second kappa shape index (κ2) is 7.90. The highest BCUT2D eigenvalue weighted by atomic mass is 79.9. The predicted molar refractivity (Wildman–Crippen MR) is 106 cm³/mol. The molecular formula is C19H21BrN2O3S. The van der Waals surface area contributed by atoms with Gasteiger partial charge in [-0.25, -0.2) is 8.42 Å². The number of hydrogen-bond acceptors (Lipinski definition) is 3. The molecule has 1 aliphatic rings. The van der Waals surface area contributed by atoms with Crippen molar-refractivity contribution in [3.8, 4) is 0 Å². The molecule has 0 aromatic heterocycles. The molecule has 2 aromatic carbocycles. The van der Waals surface area contributed by atoms with Crippen LogP contribution in [-0.4, -0.2) is 31.7 Å². The lowest BCUT2D eigenvalue weighted by Gasteiger charge is -2.29. The van der Waals surface area contributed by atoms with Gasteiger partial charge in [0, 0.05) is 23.2 Å². The van der Waals surface area contributed by atoms with Crippen LogP contribution < -0.4 is 5.32 Å². The predicted octanol–water partition coefficient (Wildman–Crippen LogP) is 4.12. The zero-order valence-electron chi connectivity index (χ0n) is 14.5. The van der Waals surface area contributed by atoms with E-state index in [9.17, 15) is 13.2 Å². The maximum absolute atomic E-state index is 12.7. The van der Waals surface area contributed by atoms with E-state index < -0.39 is 10.0 Å². The first-order chi connectivity index (χ1) is 12.4. The molecule has 138 valence electrons. The Balaban J connectivity index is 1.72. The molecule has 1 amide bonds. The second-order valence-corrected chi connectivity index (χ2v) is 9.34. The number of carbonyl (C=O) groups excluding carboxylic acids is 1. The zero-order valence-corrected chi connectivity index (χ0v) is 16.9. The van der Waals surface area contributed by atoms with Gasteiger partial charge in [-0.15, -0.1) is 0 Å². The third kappa shape index (κ3) is 4.16. The summed E-state index contributed by atoms with van der Waals surface area (Å²) in [6.45, 7) is 3.26. The van der Waals surface area contributed by atoms with Gasteiger partial charge in [0.1, 0.15) is 0 Å². The van der Waals surface area contributed by atoms with E-state index in [4.69, 9.17) is 0 Å². The number of benzene rings is 2. The quantitative estimate of drug-likeness (QED) is 0.783. The Hall–Kier alpha value is -1.70. The van der Waals surface area contributed by atoms with Gasteiger partial charge in [0.25, 0.3) is 5.91 Å². The number of nitrogens with one attached hydrogen (secondary N) is 1. The molecule has 0 spiro atoms. The number of piperidine rings is 1. The number of hydrogen-bond donors (Lipinski definition) is 1. The van der Waals surface area contributed by atoms with Crippen LogP contribution in [0.3, 0.4) is 0 Å². The molecule has 7 heteroatoms. The van der Waals surface area contributed by atoms with E-state index in [1.54, 1.807) is 46.8 Å². The van der Waals surface area contributed by atoms with Crippen LogP contribution in [0.1, 0.15) is 30.1 Å². The fourth-order valence-corrected chi connectivity index (χ4v) is 4.86. The average Bonchev–Trinajstić information content (AvgIpc) is 2.63. The largest absolute Gasteiger partial charge is 0.322 e. The van der Waals surface area contributed by atoms with Gasteiger partial charge in [-0.1, -0.05) is 19.1 Å². The zero-order chi connectivity index (χ0) is 18.7. The molecule has 26 heavy (non-hydrogen) atoms. The summed E-state index contributed by atoms with van der Waals surface area (Å²) in [5, 5.41) is 2.79. The van der Waals surface area contributed by atoms with Gasteiger partial charge in [0.15, 0.2) is 0 Å². The normalized spacial score (nSPS) is 16.4. The molecule has 1 heterocycles. The maximum Gasteiger partial charge on any atom is 0.256 e. The van der Waals surface area contributed by atoms with Crippen LogP contribution in [0, 0.1) is 5.92 Å². The number of rotatable bonds is 4. The van der Waals surface area contributed by atoms with Crippen molar-refractivity contribution in [3.63, 3.8) is 0 Å². The summed E-state index contributed by atoms with van der Waals surface area (Å²) in [7, 11) is -3.48. The molecular weight excluding hydrogens is 416 g/mol. The summed E-state index contributed by atoms with van der Waals surface area (Å²) < 4.78 is 27.7. The SMILES string of the molecule is CC1CCN(S(=O)(=O)c2ccc(NC(=O)c3ccccc3Br)cc2)CC1. The third-order valence-corrected chi connectivity index (χ3v) is 7.22. The Labute approximate surface area is 162 Å². The van der Waals surface area contributed by atoms with Crippen LogP contribution in [0.2, 0.25) is 0 Å². The Morgan fingerprint density at radius 1 is 1.08 bits per heavy atom. The number of carbonyl (C=O) groups is 1. The molecule has 1 fully saturated rings. The molecule has 0 unspecified atom stereocenters. The highest BCUT2D eigenvalue weighted by molar-refractivity contribution is 9.10. The summed E-state index contributed by atoms with van der Waals surface area (Å²) in [5.41, 5.74) is 1.07. The van der Waals surface area contributed by atoms with Gasteiger partial charge in [-0.3, -0.25) is 4.79 Å². The minimum absolute atomic E-state index is 0.252. The van der Waals surface area contributed by atoms with Crippen LogP contribution >= 0.6 is 15.9 Å². The topological polar surface area (TPSA) is 66.5 Å². The minimum atomic E-state index is -3.48. The van der Waals surface area contributed by atoms with E-state index in [1.165, 1.54) is 0 Å². The average molecular weight is 437 g/mol. The molecule has 0 radical (unpaired) electrons. The molecule has 1 N–H and O–H groups in total. The van der Waals surface area contributed by atoms with Gasteiger partial charge in [0.2, 0.25) is 10.0 Å². The van der Waals surface area contributed by atoms with Gasteiger partial charge in [-0.2, -0.15) is 4.31 Å². The molecule has 1 saturated heterocycles. The molecule has 0 saturated carbocycles. The van der Waals surface area contributed by atoms with Crippen LogP contribution in [0.15, 0.2) is 57.9 Å². The fraction of sp³-hybridized carbons (Fsp3) is 0.316. The number of anilines is 1. The lowest BCUT2D eigenvalue weighted by molar-refractivity contribution is 0.102. The van der Waals surface area contributed by atoms with Gasteiger partial charge in [-0.05, 0) is 71.1 Å². The lowest BCUT2D eigenvalue weighted by Crippen LogP contribution is -2.37. The van der Waals surface area contributed by atoms with Gasteiger partial charge >= 0.3 is 0 Å². The maximum atomic E-state index is 12.7. The summed E-state index contributed by atoms with van der Waals surface area (Å²) >= 11 is 3.35. The number of amides is 1. The van der Waals surface area contributed by atoms with Crippen molar-refractivity contribution < 1.29 is 13.2 Å². The van der Waals surface area contributed by atoms with E-state index in [2.05, 4.69) is 28.2 Å². The molecule has 3 rings (SSSR count). The number of halogens is 1. The van der Waals surface area contributed by atoms with Gasteiger partial charge in [0.05, 0.1) is 10.5 Å². The first-order valence-electron chi connectivity index (χ1n) is 8.54. The highest BCUT2D eigenvalue weighted by Gasteiger charge is 2.27. The molecule has 0 atom stereocenters. The van der Waals surface area contributed by atoms with Crippen molar-refractivity contribution in [1.29, 1.82) is 0 Å². The van der Waals surface area contributed by atoms with E-state index in [0.717, 1.165) is 12.8 Å². The summed E-state index contributed by atoms with van der Waals surface area (Å²) in [4.78, 5) is 12.6. The number of sulfonamides is 1. The van der Waals surface area contributed by atoms with Crippen LogP contribution in [0.25, 0.3) is 0 Å². The monoisotopic (exact) mass is 436 g/mol. The first-order valence-corrected chi connectivity index (χ1v) is 10.8. The van der Waals surface area contributed by atoms with E-state index in [0.29, 0.717) is 34.7 Å². The molecule has 0 bridgehead atoms. The van der Waals surface area contributed by atoms with E-state index in [-0.39, 0.29) is 10.8 Å². The molecule has 2 aromatic rings. The van der Waals surface area contributed by atoms with E-state index in [1.807, 2.05) is 6.07 Å². The van der Waals surface area contributed by atoms with Crippen molar-refractivity contribution in [3.05, 3.63) is 58.6 Å². The Morgan fingerprint density at radius 3 is 2.31 bits per heavy atom. The highest BCUT2D eigenvalue weighted by Crippen LogP contribution is 2.25. The number of nitrogens with zero attached hydrogens (tertiary/aromatic N) is 1. The van der Waals surface area contributed by atoms with Crippen LogP contribution in [-0.2, 0) is 10.0 Å². The van der Waals surface area contributed by atoms with E-state index >= 15 is 0 Å². The Kier molecular flexibility index (Phi) is 5.79. The summed E-state index contributed by atoms with van der Waals surface area (Å²) in [6.07, 6.45) is 1.78. The van der Waals surface area contributed by atoms with Crippen molar-refractivity contribution >= 4 is 37.5 Å². The van der Waals surface area contributed by atoms with Crippen LogP contribution in [0.5, 0.6) is 0 Å². The van der Waals surface area contributed by atoms with Crippen molar-refractivity contribution in [2.24, 2.45) is 5.92 Å². The van der Waals surface area contributed by atoms with Crippen molar-refractivity contribution in [1.82, 2.24) is 4.31 Å². The Bertz CT molecular complexity index is 889.